The first-order valence-electron chi connectivity index (χ1n) is 10.0. The molecule has 32 heavy (non-hydrogen) atoms. The van der Waals surface area contributed by atoms with Crippen LogP contribution in [0.1, 0.15) is 11.1 Å². The van der Waals surface area contributed by atoms with Gasteiger partial charge in [0.15, 0.2) is 5.82 Å². The second kappa shape index (κ2) is 7.65. The van der Waals surface area contributed by atoms with Crippen molar-refractivity contribution < 1.29 is 8.42 Å². The van der Waals surface area contributed by atoms with E-state index >= 15 is 0 Å². The molecule has 4 aromatic rings. The molecule has 0 bridgehead atoms. The highest BCUT2D eigenvalue weighted by atomic mass is 35.5. The lowest BCUT2D eigenvalue weighted by Crippen LogP contribution is -2.34. The van der Waals surface area contributed by atoms with Gasteiger partial charge < -0.3 is 0 Å². The minimum Gasteiger partial charge on any atom is -0.290 e. The Bertz CT molecular complexity index is 1470. The van der Waals surface area contributed by atoms with Gasteiger partial charge in [-0.05, 0) is 61.9 Å². The topological polar surface area (TPSA) is 88.1 Å². The van der Waals surface area contributed by atoms with Crippen LogP contribution in [0, 0.1) is 6.92 Å². The number of anilines is 1. The summed E-state index contributed by atoms with van der Waals surface area (Å²) in [7, 11) is -3.86. The van der Waals surface area contributed by atoms with E-state index in [4.69, 9.17) is 11.6 Å². The fourth-order valence-electron chi connectivity index (χ4n) is 3.88. The van der Waals surface area contributed by atoms with Crippen LogP contribution in [0.3, 0.4) is 0 Å². The predicted octanol–water partition coefficient (Wildman–Crippen LogP) is 3.94. The Morgan fingerprint density at radius 1 is 1.03 bits per heavy atom. The minimum absolute atomic E-state index is 0.0981. The Morgan fingerprint density at radius 2 is 1.75 bits per heavy atom. The highest BCUT2D eigenvalue weighted by molar-refractivity contribution is 7.92. The third-order valence-electron chi connectivity index (χ3n) is 5.54. The molecule has 2 aromatic heterocycles. The van der Waals surface area contributed by atoms with Gasteiger partial charge in [0, 0.05) is 28.9 Å². The first-order chi connectivity index (χ1) is 15.4. The van der Waals surface area contributed by atoms with E-state index in [9.17, 15) is 13.2 Å². The molecule has 1 aliphatic heterocycles. The molecular weight excluding hydrogens is 448 g/mol. The third kappa shape index (κ3) is 3.32. The summed E-state index contributed by atoms with van der Waals surface area (Å²) < 4.78 is 29.7. The number of rotatable bonds is 3. The molecule has 7 nitrogen and oxygen atoms in total. The molecular formula is C23H19ClN4O3S. The third-order valence-corrected chi connectivity index (χ3v) is 7.59. The molecule has 9 heteroatoms. The maximum atomic E-state index is 13.5. The van der Waals surface area contributed by atoms with Crippen molar-refractivity contribution >= 4 is 27.4 Å². The fraction of sp³-hybridized carbons (Fsp3) is 0.130. The van der Waals surface area contributed by atoms with Crippen LogP contribution < -0.4 is 9.86 Å². The summed E-state index contributed by atoms with van der Waals surface area (Å²) in [5.74, 6) is 0.288. The number of H-pyrrole nitrogens is 1. The van der Waals surface area contributed by atoms with Crippen molar-refractivity contribution in [2.45, 2.75) is 18.2 Å². The molecule has 5 rings (SSSR count). The summed E-state index contributed by atoms with van der Waals surface area (Å²) in [6.45, 7) is 2.00. The van der Waals surface area contributed by atoms with Crippen LogP contribution in [0.15, 0.2) is 76.6 Å². The Hall–Kier alpha value is -3.36. The summed E-state index contributed by atoms with van der Waals surface area (Å²) in [5.41, 5.74) is 3.01. The number of aromatic nitrogens is 3. The molecule has 3 heterocycles. The van der Waals surface area contributed by atoms with Gasteiger partial charge in [0.2, 0.25) is 0 Å². The molecule has 1 N–H and O–H groups in total. The zero-order valence-electron chi connectivity index (χ0n) is 17.1. The Labute approximate surface area is 190 Å². The molecule has 0 spiro atoms. The monoisotopic (exact) mass is 466 g/mol. The fourth-order valence-corrected chi connectivity index (χ4v) is 5.45. The van der Waals surface area contributed by atoms with Gasteiger partial charge in [-0.15, -0.1) is 0 Å². The number of benzene rings is 2. The number of hydrogen-bond donors (Lipinski definition) is 1. The number of hydrogen-bond acceptors (Lipinski definition) is 4. The molecule has 0 radical (unpaired) electrons. The normalized spacial score (nSPS) is 13.4. The van der Waals surface area contributed by atoms with Gasteiger partial charge >= 0.3 is 0 Å². The second-order valence-corrected chi connectivity index (χ2v) is 9.90. The van der Waals surface area contributed by atoms with Crippen molar-refractivity contribution in [2.75, 3.05) is 10.8 Å². The Morgan fingerprint density at radius 3 is 2.47 bits per heavy atom. The molecule has 0 atom stereocenters. The van der Waals surface area contributed by atoms with E-state index in [0.717, 1.165) is 5.56 Å². The molecule has 1 aliphatic rings. The lowest BCUT2D eigenvalue weighted by atomic mass is 10.1. The van der Waals surface area contributed by atoms with Gasteiger partial charge in [-0.25, -0.2) is 22.4 Å². The lowest BCUT2D eigenvalue weighted by Gasteiger charge is -2.23. The van der Waals surface area contributed by atoms with Crippen molar-refractivity contribution in [2.24, 2.45) is 0 Å². The van der Waals surface area contributed by atoms with E-state index < -0.39 is 10.0 Å². The number of aromatic amines is 1. The summed E-state index contributed by atoms with van der Waals surface area (Å²) in [6.07, 6.45) is 1.79. The number of sulfonamides is 1. The van der Waals surface area contributed by atoms with Gasteiger partial charge in [0.05, 0.1) is 16.3 Å². The highest BCUT2D eigenvalue weighted by Crippen LogP contribution is 2.35. The van der Waals surface area contributed by atoms with Crippen molar-refractivity contribution in [3.63, 3.8) is 0 Å². The quantitative estimate of drug-likeness (QED) is 0.495. The SMILES string of the molecule is Cc1ccc(S(=O)(=O)N2CCc3c([nH]n(-c4ccc(Cl)cc4)c3=O)-c3cccnc32)cc1. The van der Waals surface area contributed by atoms with Crippen LogP contribution in [0.4, 0.5) is 5.82 Å². The molecule has 0 fully saturated rings. The lowest BCUT2D eigenvalue weighted by molar-refractivity contribution is 0.590. The number of fused-ring (bicyclic) bond motifs is 3. The van der Waals surface area contributed by atoms with Gasteiger partial charge in [-0.2, -0.15) is 0 Å². The number of pyridine rings is 1. The maximum Gasteiger partial charge on any atom is 0.275 e. The number of nitrogens with one attached hydrogen (secondary N) is 1. The summed E-state index contributed by atoms with van der Waals surface area (Å²) >= 11 is 5.98. The molecule has 2 aromatic carbocycles. The van der Waals surface area contributed by atoms with Crippen molar-refractivity contribution in [3.8, 4) is 16.9 Å². The maximum absolute atomic E-state index is 13.5. The van der Waals surface area contributed by atoms with Crippen LogP contribution >= 0.6 is 11.6 Å². The smallest absolute Gasteiger partial charge is 0.275 e. The summed E-state index contributed by atoms with van der Waals surface area (Å²) in [5, 5.41) is 3.72. The van der Waals surface area contributed by atoms with E-state index in [2.05, 4.69) is 10.1 Å². The highest BCUT2D eigenvalue weighted by Gasteiger charge is 2.33. The van der Waals surface area contributed by atoms with Crippen LogP contribution in [-0.2, 0) is 16.4 Å². The Kier molecular flexibility index (Phi) is 4.91. The van der Waals surface area contributed by atoms with Crippen molar-refractivity contribution in [1.82, 2.24) is 14.8 Å². The largest absolute Gasteiger partial charge is 0.290 e. The van der Waals surface area contributed by atoms with Gasteiger partial charge in [-0.3, -0.25) is 9.89 Å². The average molecular weight is 467 g/mol. The number of halogens is 1. The van der Waals surface area contributed by atoms with E-state index in [1.165, 1.54) is 8.99 Å². The molecule has 162 valence electrons. The molecule has 0 unspecified atom stereocenters. The molecule has 0 saturated heterocycles. The van der Waals surface area contributed by atoms with Crippen molar-refractivity contribution in [1.29, 1.82) is 0 Å². The van der Waals surface area contributed by atoms with E-state index in [1.54, 1.807) is 66.9 Å². The van der Waals surface area contributed by atoms with Crippen LogP contribution in [0.5, 0.6) is 0 Å². The minimum atomic E-state index is -3.86. The first kappa shape index (κ1) is 20.5. The summed E-state index contributed by atoms with van der Waals surface area (Å²) in [6, 6.07) is 17.1. The molecule has 0 amide bonds. The van der Waals surface area contributed by atoms with Crippen LogP contribution in [0.25, 0.3) is 16.9 Å². The zero-order valence-corrected chi connectivity index (χ0v) is 18.7. The van der Waals surface area contributed by atoms with Gasteiger partial charge in [0.1, 0.15) is 0 Å². The van der Waals surface area contributed by atoms with E-state index in [1.807, 2.05) is 6.92 Å². The second-order valence-electron chi connectivity index (χ2n) is 7.60. The standard InChI is InChI=1S/C23H19ClN4O3S/c1-15-4-10-18(11-5-15)32(30,31)27-14-12-20-21(19-3-2-13-25-22(19)27)26-28(23(20)29)17-8-6-16(24)7-9-17/h2-11,13,26H,12,14H2,1H3. The average Bonchev–Trinajstić information content (AvgIpc) is 3.01. The Balaban J connectivity index is 1.66. The predicted molar refractivity (Wildman–Crippen MR) is 124 cm³/mol. The number of nitrogens with zero attached hydrogens (tertiary/aromatic N) is 3. The molecule has 0 aliphatic carbocycles. The van der Waals surface area contributed by atoms with Crippen molar-refractivity contribution in [3.05, 3.63) is 93.4 Å². The van der Waals surface area contributed by atoms with Gasteiger partial charge in [-0.1, -0.05) is 29.3 Å². The summed E-state index contributed by atoms with van der Waals surface area (Å²) in [4.78, 5) is 17.8. The number of aryl methyl sites for hydroxylation is 1. The first-order valence-corrected chi connectivity index (χ1v) is 11.8. The van der Waals surface area contributed by atoms with Crippen LogP contribution in [0.2, 0.25) is 5.02 Å². The van der Waals surface area contributed by atoms with Gasteiger partial charge in [0.25, 0.3) is 15.6 Å². The van der Waals surface area contributed by atoms with Crippen LogP contribution in [-0.4, -0.2) is 29.7 Å². The van der Waals surface area contributed by atoms with E-state index in [-0.39, 0.29) is 29.2 Å². The zero-order chi connectivity index (χ0) is 22.5. The van der Waals surface area contributed by atoms with E-state index in [0.29, 0.717) is 27.5 Å². The molecule has 0 saturated carbocycles.